The van der Waals surface area contributed by atoms with Gasteiger partial charge in [0.1, 0.15) is 11.3 Å². The molecule has 0 saturated carbocycles. The molecule has 0 aliphatic carbocycles. The normalized spacial score (nSPS) is 11.0. The second kappa shape index (κ2) is 4.42. The summed E-state index contributed by atoms with van der Waals surface area (Å²) in [5, 5.41) is 20.6. The van der Waals surface area contributed by atoms with E-state index in [1.54, 1.807) is 0 Å². The van der Waals surface area contributed by atoms with E-state index in [1.165, 1.54) is 26.0 Å². The van der Waals surface area contributed by atoms with Crippen molar-refractivity contribution in [2.24, 2.45) is 5.73 Å². The van der Waals surface area contributed by atoms with Crippen LogP contribution in [0.1, 0.15) is 24.2 Å². The van der Waals surface area contributed by atoms with Crippen LogP contribution < -0.4 is 11.1 Å². The molecule has 1 amide bonds. The van der Waals surface area contributed by atoms with Crippen molar-refractivity contribution in [3.05, 3.63) is 23.8 Å². The van der Waals surface area contributed by atoms with Crippen LogP contribution in [0.2, 0.25) is 0 Å². The number of hydrogen-bond acceptors (Lipinski definition) is 4. The van der Waals surface area contributed by atoms with Crippen molar-refractivity contribution < 1.29 is 19.8 Å². The van der Waals surface area contributed by atoms with Crippen LogP contribution in [0.5, 0.6) is 5.75 Å². The summed E-state index contributed by atoms with van der Waals surface area (Å²) in [4.78, 5) is 22.2. The van der Waals surface area contributed by atoms with Gasteiger partial charge in [0.25, 0.3) is 0 Å². The standard InChI is InChI=1S/C11H14N2O4/c1-11(2,12)10(17)13-6-3-4-7(9(15)16)8(14)5-6/h3-5,14H,12H2,1-2H3,(H,13,17)(H,15,16). The smallest absolute Gasteiger partial charge is 0.339 e. The molecular weight excluding hydrogens is 224 g/mol. The Morgan fingerprint density at radius 2 is 1.94 bits per heavy atom. The molecule has 0 atom stereocenters. The minimum absolute atomic E-state index is 0.227. The summed E-state index contributed by atoms with van der Waals surface area (Å²) in [6.07, 6.45) is 0. The molecule has 0 aliphatic heterocycles. The molecule has 17 heavy (non-hydrogen) atoms. The molecule has 6 nitrogen and oxygen atoms in total. The molecule has 0 saturated heterocycles. The van der Waals surface area contributed by atoms with Crippen LogP contribution in [0.25, 0.3) is 0 Å². The van der Waals surface area contributed by atoms with E-state index in [4.69, 9.17) is 10.8 Å². The molecule has 1 aromatic rings. The molecule has 92 valence electrons. The van der Waals surface area contributed by atoms with Gasteiger partial charge >= 0.3 is 5.97 Å². The lowest BCUT2D eigenvalue weighted by Gasteiger charge is -2.17. The summed E-state index contributed by atoms with van der Waals surface area (Å²) in [6.45, 7) is 3.07. The maximum absolute atomic E-state index is 11.5. The highest BCUT2D eigenvalue weighted by Crippen LogP contribution is 2.22. The van der Waals surface area contributed by atoms with E-state index in [1.807, 2.05) is 0 Å². The number of carboxylic acids is 1. The second-order valence-electron chi connectivity index (χ2n) is 4.21. The van der Waals surface area contributed by atoms with Gasteiger partial charge in [0.05, 0.1) is 5.54 Å². The first kappa shape index (κ1) is 13.0. The fourth-order valence-corrected chi connectivity index (χ4v) is 1.08. The molecule has 0 radical (unpaired) electrons. The van der Waals surface area contributed by atoms with Crippen LogP contribution in [-0.2, 0) is 4.79 Å². The summed E-state index contributed by atoms with van der Waals surface area (Å²) >= 11 is 0. The fraction of sp³-hybridized carbons (Fsp3) is 0.273. The average Bonchev–Trinajstić information content (AvgIpc) is 2.15. The molecule has 0 spiro atoms. The summed E-state index contributed by atoms with van der Waals surface area (Å²) in [5.41, 5.74) is 4.58. The number of hydrogen-bond donors (Lipinski definition) is 4. The maximum atomic E-state index is 11.5. The number of carbonyl (C=O) groups is 2. The molecule has 0 aliphatic rings. The number of benzene rings is 1. The third-order valence-electron chi connectivity index (χ3n) is 2.07. The Morgan fingerprint density at radius 3 is 2.35 bits per heavy atom. The number of nitrogens with two attached hydrogens (primary N) is 1. The molecule has 0 heterocycles. The van der Waals surface area contributed by atoms with Crippen LogP contribution in [0.15, 0.2) is 18.2 Å². The van der Waals surface area contributed by atoms with Crippen molar-refractivity contribution in [1.29, 1.82) is 0 Å². The Kier molecular flexibility index (Phi) is 3.38. The van der Waals surface area contributed by atoms with Crippen LogP contribution in [-0.4, -0.2) is 27.6 Å². The van der Waals surface area contributed by atoms with Gasteiger partial charge in [0, 0.05) is 11.8 Å². The third-order valence-corrected chi connectivity index (χ3v) is 2.07. The van der Waals surface area contributed by atoms with Crippen molar-refractivity contribution in [2.45, 2.75) is 19.4 Å². The first-order valence-corrected chi connectivity index (χ1v) is 4.88. The number of aromatic hydroxyl groups is 1. The molecule has 5 N–H and O–H groups in total. The van der Waals surface area contributed by atoms with E-state index < -0.39 is 23.2 Å². The van der Waals surface area contributed by atoms with Gasteiger partial charge in [-0.1, -0.05) is 0 Å². The Hall–Kier alpha value is -2.08. The predicted octanol–water partition coefficient (Wildman–Crippen LogP) is 0.766. The molecule has 1 rings (SSSR count). The van der Waals surface area contributed by atoms with Crippen molar-refractivity contribution in [1.82, 2.24) is 0 Å². The van der Waals surface area contributed by atoms with E-state index in [9.17, 15) is 14.7 Å². The highest BCUT2D eigenvalue weighted by molar-refractivity contribution is 5.98. The van der Waals surface area contributed by atoms with E-state index in [0.29, 0.717) is 0 Å². The Labute approximate surface area is 98.1 Å². The Morgan fingerprint density at radius 1 is 1.35 bits per heavy atom. The predicted molar refractivity (Wildman–Crippen MR) is 62.0 cm³/mol. The van der Waals surface area contributed by atoms with Crippen LogP contribution in [0.3, 0.4) is 0 Å². The zero-order valence-corrected chi connectivity index (χ0v) is 9.52. The van der Waals surface area contributed by atoms with Gasteiger partial charge < -0.3 is 21.3 Å². The number of phenols is 1. The van der Waals surface area contributed by atoms with E-state index >= 15 is 0 Å². The van der Waals surface area contributed by atoms with Gasteiger partial charge in [-0.15, -0.1) is 0 Å². The van der Waals surface area contributed by atoms with Gasteiger partial charge in [-0.2, -0.15) is 0 Å². The number of rotatable bonds is 3. The first-order chi connectivity index (χ1) is 7.71. The lowest BCUT2D eigenvalue weighted by molar-refractivity contribution is -0.120. The number of aromatic carboxylic acids is 1. The fourth-order valence-electron chi connectivity index (χ4n) is 1.08. The topological polar surface area (TPSA) is 113 Å². The maximum Gasteiger partial charge on any atom is 0.339 e. The van der Waals surface area contributed by atoms with Crippen molar-refractivity contribution in [3.63, 3.8) is 0 Å². The number of nitrogens with one attached hydrogen (secondary N) is 1. The molecule has 0 bridgehead atoms. The van der Waals surface area contributed by atoms with Crippen LogP contribution in [0.4, 0.5) is 5.69 Å². The Balaban J connectivity index is 2.92. The molecule has 0 aromatic heterocycles. The first-order valence-electron chi connectivity index (χ1n) is 4.88. The van der Waals surface area contributed by atoms with Crippen molar-refractivity contribution in [3.8, 4) is 5.75 Å². The quantitative estimate of drug-likeness (QED) is 0.621. The number of carboxylic acid groups (broad SMARTS) is 1. The van der Waals surface area contributed by atoms with Gasteiger partial charge in [-0.05, 0) is 26.0 Å². The molecule has 6 heteroatoms. The lowest BCUT2D eigenvalue weighted by atomic mass is 10.1. The summed E-state index contributed by atoms with van der Waals surface area (Å²) < 4.78 is 0. The second-order valence-corrected chi connectivity index (χ2v) is 4.21. The van der Waals surface area contributed by atoms with Crippen LogP contribution >= 0.6 is 0 Å². The van der Waals surface area contributed by atoms with E-state index in [2.05, 4.69) is 5.32 Å². The highest BCUT2D eigenvalue weighted by atomic mass is 16.4. The van der Waals surface area contributed by atoms with Crippen LogP contribution in [0, 0.1) is 0 Å². The third kappa shape index (κ3) is 3.18. The molecule has 1 aromatic carbocycles. The zero-order valence-electron chi connectivity index (χ0n) is 9.52. The molecule has 0 unspecified atom stereocenters. The number of anilines is 1. The van der Waals surface area contributed by atoms with Gasteiger partial charge in [-0.25, -0.2) is 4.79 Å². The van der Waals surface area contributed by atoms with E-state index in [0.717, 1.165) is 6.07 Å². The monoisotopic (exact) mass is 238 g/mol. The number of carbonyl (C=O) groups excluding carboxylic acids is 1. The molecular formula is C11H14N2O4. The lowest BCUT2D eigenvalue weighted by Crippen LogP contribution is -2.45. The van der Waals surface area contributed by atoms with Crippen molar-refractivity contribution in [2.75, 3.05) is 5.32 Å². The summed E-state index contributed by atoms with van der Waals surface area (Å²) in [7, 11) is 0. The summed E-state index contributed by atoms with van der Waals surface area (Å²) in [5.74, 6) is -2.08. The minimum atomic E-state index is -1.24. The zero-order chi connectivity index (χ0) is 13.2. The van der Waals surface area contributed by atoms with Crippen molar-refractivity contribution >= 4 is 17.6 Å². The molecule has 0 fully saturated rings. The SMILES string of the molecule is CC(C)(N)C(=O)Nc1ccc(C(=O)O)c(O)c1. The highest BCUT2D eigenvalue weighted by Gasteiger charge is 2.22. The van der Waals surface area contributed by atoms with Gasteiger partial charge in [0.15, 0.2) is 0 Å². The average molecular weight is 238 g/mol. The van der Waals surface area contributed by atoms with Gasteiger partial charge in [-0.3, -0.25) is 4.79 Å². The minimum Gasteiger partial charge on any atom is -0.507 e. The number of amides is 1. The Bertz CT molecular complexity index is 463. The van der Waals surface area contributed by atoms with Gasteiger partial charge in [0.2, 0.25) is 5.91 Å². The largest absolute Gasteiger partial charge is 0.507 e. The summed E-state index contributed by atoms with van der Waals surface area (Å²) in [6, 6.07) is 3.75. The van der Waals surface area contributed by atoms with E-state index in [-0.39, 0.29) is 11.3 Å².